The van der Waals surface area contributed by atoms with E-state index in [0.717, 1.165) is 18.2 Å². The van der Waals surface area contributed by atoms with Crippen LogP contribution in [-0.4, -0.2) is 23.3 Å². The van der Waals surface area contributed by atoms with Crippen molar-refractivity contribution in [1.29, 1.82) is 0 Å². The van der Waals surface area contributed by atoms with Gasteiger partial charge in [-0.05, 0) is 51.0 Å². The minimum Gasteiger partial charge on any atom is -0.459 e. The molecule has 1 aromatic rings. The fourth-order valence-corrected chi connectivity index (χ4v) is 1.97. The second-order valence-electron chi connectivity index (χ2n) is 4.73. The number of carbonyl (C=O) groups is 2. The summed E-state index contributed by atoms with van der Waals surface area (Å²) >= 11 is 3.33. The molecule has 0 bridgehead atoms. The Morgan fingerprint density at radius 3 is 2.40 bits per heavy atom. The van der Waals surface area contributed by atoms with Crippen LogP contribution in [0.4, 0.5) is 5.69 Å². The van der Waals surface area contributed by atoms with E-state index in [9.17, 15) is 9.59 Å². The predicted molar refractivity (Wildman–Crippen MR) is 83.3 cm³/mol. The average Bonchev–Trinajstić information content (AvgIpc) is 2.39. The van der Waals surface area contributed by atoms with Gasteiger partial charge in [-0.3, -0.25) is 4.79 Å². The maximum Gasteiger partial charge on any atom is 0.338 e. The van der Waals surface area contributed by atoms with Gasteiger partial charge in [-0.2, -0.15) is 0 Å². The van der Waals surface area contributed by atoms with Crippen molar-refractivity contribution in [3.8, 4) is 0 Å². The van der Waals surface area contributed by atoms with Crippen molar-refractivity contribution < 1.29 is 14.3 Å². The average molecular weight is 342 g/mol. The molecule has 0 spiro atoms. The van der Waals surface area contributed by atoms with Gasteiger partial charge in [0.15, 0.2) is 0 Å². The molecule has 1 amide bonds. The number of halogens is 1. The Kier molecular flexibility index (Phi) is 7.30. The van der Waals surface area contributed by atoms with Crippen LogP contribution in [0.5, 0.6) is 0 Å². The zero-order valence-electron chi connectivity index (χ0n) is 11.8. The molecule has 4 nitrogen and oxygen atoms in total. The number of esters is 1. The number of rotatable bonds is 7. The first-order chi connectivity index (χ1) is 9.52. The van der Waals surface area contributed by atoms with E-state index in [1.54, 1.807) is 38.1 Å². The highest BCUT2D eigenvalue weighted by molar-refractivity contribution is 9.09. The zero-order chi connectivity index (χ0) is 15.0. The molecule has 0 aliphatic heterocycles. The van der Waals surface area contributed by atoms with E-state index in [4.69, 9.17) is 4.74 Å². The lowest BCUT2D eigenvalue weighted by atomic mass is 10.2. The Balaban J connectivity index is 2.50. The summed E-state index contributed by atoms with van der Waals surface area (Å²) in [6.45, 7) is 3.61. The van der Waals surface area contributed by atoms with Crippen LogP contribution < -0.4 is 5.32 Å². The van der Waals surface area contributed by atoms with Crippen molar-refractivity contribution in [2.45, 2.75) is 39.2 Å². The first-order valence-electron chi connectivity index (χ1n) is 6.69. The third-order valence-corrected chi connectivity index (χ3v) is 3.10. The normalized spacial score (nSPS) is 10.4. The molecule has 0 aliphatic carbocycles. The number of nitrogens with one attached hydrogen (secondary N) is 1. The Labute approximate surface area is 128 Å². The third-order valence-electron chi connectivity index (χ3n) is 2.53. The topological polar surface area (TPSA) is 55.4 Å². The minimum atomic E-state index is -0.352. The number of carbonyl (C=O) groups excluding carboxylic acids is 2. The van der Waals surface area contributed by atoms with Gasteiger partial charge in [-0.1, -0.05) is 15.9 Å². The lowest BCUT2D eigenvalue weighted by Crippen LogP contribution is -2.13. The molecule has 0 aromatic heterocycles. The molecule has 110 valence electrons. The number of ether oxygens (including phenoxy) is 1. The molecule has 0 heterocycles. The van der Waals surface area contributed by atoms with Crippen LogP contribution in [-0.2, 0) is 9.53 Å². The van der Waals surface area contributed by atoms with Crippen LogP contribution in [0.1, 0.15) is 43.5 Å². The Morgan fingerprint density at radius 2 is 1.85 bits per heavy atom. The molecule has 5 heteroatoms. The molecule has 0 aliphatic rings. The molecule has 20 heavy (non-hydrogen) atoms. The fourth-order valence-electron chi connectivity index (χ4n) is 1.58. The molecular weight excluding hydrogens is 322 g/mol. The first-order valence-corrected chi connectivity index (χ1v) is 7.82. The lowest BCUT2D eigenvalue weighted by Gasteiger charge is -2.09. The highest BCUT2D eigenvalue weighted by Gasteiger charge is 2.09. The van der Waals surface area contributed by atoms with Crippen molar-refractivity contribution in [2.75, 3.05) is 10.6 Å². The second-order valence-corrected chi connectivity index (χ2v) is 5.52. The van der Waals surface area contributed by atoms with Crippen LogP contribution in [0.25, 0.3) is 0 Å². The number of anilines is 1. The zero-order valence-corrected chi connectivity index (χ0v) is 13.4. The van der Waals surface area contributed by atoms with Gasteiger partial charge in [-0.25, -0.2) is 4.79 Å². The Hall–Kier alpha value is -1.36. The molecular formula is C15H20BrNO3. The lowest BCUT2D eigenvalue weighted by molar-refractivity contribution is -0.116. The molecule has 1 N–H and O–H groups in total. The molecule has 0 unspecified atom stereocenters. The standard InChI is InChI=1S/C15H20BrNO3/c1-11(2)20-15(19)12-6-8-13(9-7-12)17-14(18)5-3-4-10-16/h6-9,11H,3-5,10H2,1-2H3,(H,17,18). The number of hydrogen-bond acceptors (Lipinski definition) is 3. The molecule has 0 radical (unpaired) electrons. The van der Waals surface area contributed by atoms with E-state index in [1.807, 2.05) is 0 Å². The monoisotopic (exact) mass is 341 g/mol. The predicted octanol–water partition coefficient (Wildman–Crippen LogP) is 3.76. The SMILES string of the molecule is CC(C)OC(=O)c1ccc(NC(=O)CCCCBr)cc1. The number of hydrogen-bond donors (Lipinski definition) is 1. The van der Waals surface area contributed by atoms with E-state index in [2.05, 4.69) is 21.2 Å². The minimum absolute atomic E-state index is 0.0107. The van der Waals surface area contributed by atoms with E-state index in [1.165, 1.54) is 0 Å². The molecule has 0 saturated carbocycles. The summed E-state index contributed by atoms with van der Waals surface area (Å²) in [5, 5.41) is 3.71. The summed E-state index contributed by atoms with van der Waals surface area (Å²) in [6.07, 6.45) is 2.20. The summed E-state index contributed by atoms with van der Waals surface area (Å²) < 4.78 is 5.09. The highest BCUT2D eigenvalue weighted by Crippen LogP contribution is 2.12. The smallest absolute Gasteiger partial charge is 0.338 e. The van der Waals surface area contributed by atoms with Crippen molar-refractivity contribution in [3.63, 3.8) is 0 Å². The largest absolute Gasteiger partial charge is 0.459 e. The molecule has 1 rings (SSSR count). The summed E-state index contributed by atoms with van der Waals surface area (Å²) in [6, 6.07) is 6.72. The van der Waals surface area contributed by atoms with E-state index in [0.29, 0.717) is 17.7 Å². The number of benzene rings is 1. The van der Waals surface area contributed by atoms with Crippen LogP contribution >= 0.6 is 15.9 Å². The van der Waals surface area contributed by atoms with Crippen LogP contribution in [0.3, 0.4) is 0 Å². The van der Waals surface area contributed by atoms with Gasteiger partial charge in [0.25, 0.3) is 0 Å². The first kappa shape index (κ1) is 16.7. The molecule has 1 aromatic carbocycles. The molecule has 0 atom stereocenters. The maximum atomic E-state index is 11.6. The van der Waals surface area contributed by atoms with Crippen molar-refractivity contribution in [1.82, 2.24) is 0 Å². The van der Waals surface area contributed by atoms with Crippen molar-refractivity contribution in [2.24, 2.45) is 0 Å². The van der Waals surface area contributed by atoms with Crippen LogP contribution in [0.15, 0.2) is 24.3 Å². The van der Waals surface area contributed by atoms with Gasteiger partial charge in [-0.15, -0.1) is 0 Å². The summed E-state index contributed by atoms with van der Waals surface area (Å²) in [4.78, 5) is 23.3. The van der Waals surface area contributed by atoms with Crippen molar-refractivity contribution in [3.05, 3.63) is 29.8 Å². The van der Waals surface area contributed by atoms with Gasteiger partial charge in [0.2, 0.25) is 5.91 Å². The van der Waals surface area contributed by atoms with Gasteiger partial charge in [0.1, 0.15) is 0 Å². The number of unbranched alkanes of at least 4 members (excludes halogenated alkanes) is 1. The van der Waals surface area contributed by atoms with Gasteiger partial charge >= 0.3 is 5.97 Å². The van der Waals surface area contributed by atoms with E-state index >= 15 is 0 Å². The molecule has 0 saturated heterocycles. The van der Waals surface area contributed by atoms with Gasteiger partial charge in [0.05, 0.1) is 11.7 Å². The highest BCUT2D eigenvalue weighted by atomic mass is 79.9. The number of amides is 1. The number of alkyl halides is 1. The quantitative estimate of drug-likeness (QED) is 0.466. The van der Waals surface area contributed by atoms with E-state index in [-0.39, 0.29) is 18.0 Å². The second kappa shape index (κ2) is 8.74. The van der Waals surface area contributed by atoms with E-state index < -0.39 is 0 Å². The summed E-state index contributed by atoms with van der Waals surface area (Å²) in [7, 11) is 0. The summed E-state index contributed by atoms with van der Waals surface area (Å²) in [5.74, 6) is -0.362. The Bertz CT molecular complexity index is 443. The van der Waals surface area contributed by atoms with Gasteiger partial charge < -0.3 is 10.1 Å². The van der Waals surface area contributed by atoms with Crippen molar-refractivity contribution >= 4 is 33.5 Å². The summed E-state index contributed by atoms with van der Waals surface area (Å²) in [5.41, 5.74) is 1.17. The maximum absolute atomic E-state index is 11.6. The van der Waals surface area contributed by atoms with Crippen LogP contribution in [0, 0.1) is 0 Å². The Morgan fingerprint density at radius 1 is 1.20 bits per heavy atom. The van der Waals surface area contributed by atoms with Gasteiger partial charge in [0, 0.05) is 17.4 Å². The van der Waals surface area contributed by atoms with Crippen LogP contribution in [0.2, 0.25) is 0 Å². The fraction of sp³-hybridized carbons (Fsp3) is 0.467. The molecule has 0 fully saturated rings. The third kappa shape index (κ3) is 6.19.